The minimum Gasteiger partial charge on any atom is -0.465 e. The molecular formula is C31H43N5O4. The van der Waals surface area contributed by atoms with Gasteiger partial charge >= 0.3 is 5.97 Å². The van der Waals surface area contributed by atoms with Gasteiger partial charge < -0.3 is 19.1 Å². The Morgan fingerprint density at radius 1 is 0.900 bits per heavy atom. The summed E-state index contributed by atoms with van der Waals surface area (Å²) >= 11 is 0. The maximum Gasteiger partial charge on any atom is 0.325 e. The van der Waals surface area contributed by atoms with E-state index in [2.05, 4.69) is 4.90 Å². The summed E-state index contributed by atoms with van der Waals surface area (Å²) in [5.41, 5.74) is 1.56. The Morgan fingerprint density at radius 3 is 2.30 bits per heavy atom. The van der Waals surface area contributed by atoms with E-state index in [0.717, 1.165) is 23.9 Å². The third-order valence-electron chi connectivity index (χ3n) is 9.65. The van der Waals surface area contributed by atoms with Crippen molar-refractivity contribution in [2.45, 2.75) is 102 Å². The van der Waals surface area contributed by atoms with Gasteiger partial charge in [0.15, 0.2) is 5.82 Å². The molecule has 3 saturated heterocycles. The molecule has 1 aromatic heterocycles. The van der Waals surface area contributed by atoms with Gasteiger partial charge in [-0.15, -0.1) is 0 Å². The maximum atomic E-state index is 14.2. The quantitative estimate of drug-likeness (QED) is 0.505. The van der Waals surface area contributed by atoms with Crippen LogP contribution in [0.25, 0.3) is 11.0 Å². The number of nitrogens with zero attached hydrogens (tertiary/aromatic N) is 5. The highest BCUT2D eigenvalue weighted by Gasteiger charge is 2.44. The Morgan fingerprint density at radius 2 is 1.60 bits per heavy atom. The van der Waals surface area contributed by atoms with Gasteiger partial charge in [-0.1, -0.05) is 44.2 Å². The number of carbonyl (C=O) groups is 2. The van der Waals surface area contributed by atoms with Gasteiger partial charge in [-0.25, -0.2) is 4.98 Å². The maximum absolute atomic E-state index is 14.2. The molecule has 0 spiro atoms. The highest BCUT2D eigenvalue weighted by atomic mass is 16.5. The Kier molecular flexibility index (Phi) is 8.10. The van der Waals surface area contributed by atoms with Crippen molar-refractivity contribution in [3.8, 4) is 0 Å². The van der Waals surface area contributed by atoms with Crippen LogP contribution in [0.15, 0.2) is 29.1 Å². The number of benzene rings is 1. The van der Waals surface area contributed by atoms with Gasteiger partial charge in [0.25, 0.3) is 5.56 Å². The SMILES string of the molecule is CCOC(=O)CN1CCN(c2nc3ccccc3n([C@H]3C[C@H]4CC[C@@H](C3)N4C3CCCCCCC3)c2=O)CC1=O. The number of hydrogen-bond donors (Lipinski definition) is 0. The number of amides is 1. The van der Waals surface area contributed by atoms with Gasteiger partial charge in [0.2, 0.25) is 5.91 Å². The lowest BCUT2D eigenvalue weighted by molar-refractivity contribution is -0.149. The fraction of sp³-hybridized carbons (Fsp3) is 0.677. The standard InChI is InChI=1S/C31H43N5O4/c1-2-40-29(38)21-33-16-17-34(20-28(33)37)30-31(39)36(27-13-9-8-12-26(27)32-30)25-18-23-14-15-24(19-25)35(23)22-10-6-4-3-5-7-11-22/h8-9,12-13,22-25H,2-7,10-11,14-21H2,1H3/t23-,24+,25+. The Balaban J connectivity index is 1.25. The van der Waals surface area contributed by atoms with E-state index < -0.39 is 5.97 Å². The first kappa shape index (κ1) is 27.2. The zero-order chi connectivity index (χ0) is 27.6. The topological polar surface area (TPSA) is 88.0 Å². The molecule has 4 aliphatic rings. The predicted molar refractivity (Wildman–Crippen MR) is 154 cm³/mol. The summed E-state index contributed by atoms with van der Waals surface area (Å²) in [6.45, 7) is 2.83. The zero-order valence-electron chi connectivity index (χ0n) is 23.8. The molecule has 4 heterocycles. The van der Waals surface area contributed by atoms with Crippen molar-refractivity contribution in [2.75, 3.05) is 37.7 Å². The van der Waals surface area contributed by atoms with Crippen LogP contribution in [0.1, 0.15) is 83.6 Å². The van der Waals surface area contributed by atoms with Crippen molar-refractivity contribution in [1.29, 1.82) is 0 Å². The van der Waals surface area contributed by atoms with Crippen LogP contribution in [0, 0.1) is 0 Å². The first-order valence-electron chi connectivity index (χ1n) is 15.5. The molecule has 2 aromatic rings. The molecule has 216 valence electrons. The number of piperidine rings is 1. The van der Waals surface area contributed by atoms with Gasteiger partial charge in [-0.05, 0) is 57.6 Å². The third kappa shape index (κ3) is 5.37. The van der Waals surface area contributed by atoms with Gasteiger partial charge in [0.1, 0.15) is 6.54 Å². The second-order valence-electron chi connectivity index (χ2n) is 12.1. The van der Waals surface area contributed by atoms with Crippen LogP contribution >= 0.6 is 0 Å². The molecule has 40 heavy (non-hydrogen) atoms. The molecule has 4 fully saturated rings. The average molecular weight is 550 g/mol. The first-order valence-corrected chi connectivity index (χ1v) is 15.5. The number of piperazine rings is 1. The number of esters is 1. The highest BCUT2D eigenvalue weighted by molar-refractivity contribution is 5.86. The molecule has 3 atom stereocenters. The largest absolute Gasteiger partial charge is 0.465 e. The molecule has 1 saturated carbocycles. The molecule has 9 nitrogen and oxygen atoms in total. The normalized spacial score (nSPS) is 26.6. The van der Waals surface area contributed by atoms with Crippen molar-refractivity contribution >= 4 is 28.7 Å². The summed E-state index contributed by atoms with van der Waals surface area (Å²) in [5.74, 6) is -0.251. The molecule has 6 rings (SSSR count). The van der Waals surface area contributed by atoms with E-state index in [1.165, 1.54) is 62.7 Å². The third-order valence-corrected chi connectivity index (χ3v) is 9.65. The minimum atomic E-state index is -0.407. The van der Waals surface area contributed by atoms with Crippen LogP contribution in [0.2, 0.25) is 0 Å². The smallest absolute Gasteiger partial charge is 0.325 e. The summed E-state index contributed by atoms with van der Waals surface area (Å²) < 4.78 is 7.03. The highest BCUT2D eigenvalue weighted by Crippen LogP contribution is 2.44. The first-order chi connectivity index (χ1) is 19.5. The number of fused-ring (bicyclic) bond motifs is 3. The van der Waals surface area contributed by atoms with Crippen molar-refractivity contribution in [2.24, 2.45) is 0 Å². The van der Waals surface area contributed by atoms with E-state index in [1.807, 2.05) is 28.8 Å². The number of para-hydroxylation sites is 2. The summed E-state index contributed by atoms with van der Waals surface area (Å²) in [5, 5.41) is 0. The van der Waals surface area contributed by atoms with Gasteiger partial charge in [0.05, 0.1) is 24.2 Å². The van der Waals surface area contributed by atoms with Gasteiger partial charge in [0, 0.05) is 37.3 Å². The number of anilines is 1. The Bertz CT molecular complexity index is 1270. The molecule has 0 N–H and O–H groups in total. The van der Waals surface area contributed by atoms with Crippen molar-refractivity contribution < 1.29 is 14.3 Å². The van der Waals surface area contributed by atoms with Crippen LogP contribution in [-0.4, -0.2) is 82.1 Å². The zero-order valence-corrected chi connectivity index (χ0v) is 23.8. The number of carbonyl (C=O) groups excluding carboxylic acids is 2. The average Bonchev–Trinajstić information content (AvgIpc) is 3.18. The number of rotatable bonds is 6. The molecule has 1 amide bonds. The summed E-state index contributed by atoms with van der Waals surface area (Å²) in [6, 6.07) is 9.80. The number of ether oxygens (including phenoxy) is 1. The van der Waals surface area contributed by atoms with Crippen LogP contribution in [-0.2, 0) is 14.3 Å². The van der Waals surface area contributed by atoms with Crippen LogP contribution in [0.4, 0.5) is 5.82 Å². The Hall–Kier alpha value is -2.94. The fourth-order valence-corrected chi connectivity index (χ4v) is 7.85. The van der Waals surface area contributed by atoms with Crippen LogP contribution < -0.4 is 10.5 Å². The lowest BCUT2D eigenvalue weighted by atomic mass is 9.89. The minimum absolute atomic E-state index is 0.0331. The molecule has 0 radical (unpaired) electrons. The Labute approximate surface area is 236 Å². The molecular weight excluding hydrogens is 506 g/mol. The molecule has 9 heteroatoms. The summed E-state index contributed by atoms with van der Waals surface area (Å²) in [6.07, 6.45) is 13.9. The lowest BCUT2D eigenvalue weighted by Crippen LogP contribution is -2.54. The van der Waals surface area contributed by atoms with E-state index >= 15 is 0 Å². The van der Waals surface area contributed by atoms with E-state index in [-0.39, 0.29) is 37.2 Å². The molecule has 2 bridgehead atoms. The van der Waals surface area contributed by atoms with Gasteiger partial charge in [-0.3, -0.25) is 19.3 Å². The molecule has 3 aliphatic heterocycles. The number of aromatic nitrogens is 2. The second-order valence-corrected chi connectivity index (χ2v) is 12.1. The number of hydrogen-bond acceptors (Lipinski definition) is 7. The monoisotopic (exact) mass is 549 g/mol. The van der Waals surface area contributed by atoms with E-state index in [1.54, 1.807) is 11.8 Å². The lowest BCUT2D eigenvalue weighted by Gasteiger charge is -2.45. The predicted octanol–water partition coefficient (Wildman–Crippen LogP) is 3.89. The van der Waals surface area contributed by atoms with E-state index in [4.69, 9.17) is 9.72 Å². The van der Waals surface area contributed by atoms with Crippen LogP contribution in [0.5, 0.6) is 0 Å². The fourth-order valence-electron chi connectivity index (χ4n) is 7.85. The van der Waals surface area contributed by atoms with Crippen molar-refractivity contribution in [3.05, 3.63) is 34.6 Å². The summed E-state index contributed by atoms with van der Waals surface area (Å²) in [7, 11) is 0. The summed E-state index contributed by atoms with van der Waals surface area (Å²) in [4.78, 5) is 50.0. The molecule has 1 aromatic carbocycles. The molecule has 0 unspecified atom stereocenters. The van der Waals surface area contributed by atoms with Crippen molar-refractivity contribution in [1.82, 2.24) is 19.4 Å². The second kappa shape index (κ2) is 11.9. The van der Waals surface area contributed by atoms with Crippen LogP contribution in [0.3, 0.4) is 0 Å². The van der Waals surface area contributed by atoms with E-state index in [0.29, 0.717) is 37.0 Å². The van der Waals surface area contributed by atoms with Gasteiger partial charge in [-0.2, -0.15) is 0 Å². The van der Waals surface area contributed by atoms with Crippen molar-refractivity contribution in [3.63, 3.8) is 0 Å². The molecule has 1 aliphatic carbocycles. The van der Waals surface area contributed by atoms with E-state index in [9.17, 15) is 14.4 Å².